The van der Waals surface area contributed by atoms with Crippen molar-refractivity contribution < 1.29 is 23.4 Å². The van der Waals surface area contributed by atoms with Crippen molar-refractivity contribution >= 4 is 5.97 Å². The molecule has 4 nitrogen and oxygen atoms in total. The van der Waals surface area contributed by atoms with Crippen molar-refractivity contribution in [2.45, 2.75) is 19.5 Å². The molecular formula is C14H19F2NO3. The number of carbonyl (C=O) groups is 1. The molecule has 1 aromatic carbocycles. The zero-order valence-corrected chi connectivity index (χ0v) is 11.3. The molecule has 0 fully saturated rings. The van der Waals surface area contributed by atoms with Gasteiger partial charge in [-0.15, -0.1) is 0 Å². The predicted molar refractivity (Wildman–Crippen MR) is 70.3 cm³/mol. The number of halogens is 2. The average molecular weight is 287 g/mol. The van der Waals surface area contributed by atoms with Gasteiger partial charge in [0.05, 0.1) is 12.5 Å². The number of aliphatic hydroxyl groups excluding tert-OH is 1. The van der Waals surface area contributed by atoms with E-state index in [1.165, 1.54) is 0 Å². The summed E-state index contributed by atoms with van der Waals surface area (Å²) in [7, 11) is 0. The fourth-order valence-corrected chi connectivity index (χ4v) is 1.48. The van der Waals surface area contributed by atoms with Gasteiger partial charge in [-0.25, -0.2) is 8.78 Å². The standard InChI is InChI=1S/C14H19F2NO3/c1-11(7-17-9-14(15,16)10-18)13(19)20-8-12-5-3-2-4-6-12/h2-6,11,17-18H,7-10H2,1H3. The second-order valence-corrected chi connectivity index (χ2v) is 4.64. The van der Waals surface area contributed by atoms with Crippen LogP contribution in [0.3, 0.4) is 0 Å². The van der Waals surface area contributed by atoms with Crippen LogP contribution in [0.25, 0.3) is 0 Å². The zero-order valence-electron chi connectivity index (χ0n) is 11.3. The number of nitrogens with one attached hydrogen (secondary N) is 1. The number of alkyl halides is 2. The molecule has 1 rings (SSSR count). The molecule has 1 aromatic rings. The third-order valence-electron chi connectivity index (χ3n) is 2.69. The molecule has 0 amide bonds. The fourth-order valence-electron chi connectivity index (χ4n) is 1.48. The number of carbonyl (C=O) groups excluding carboxylic acids is 1. The lowest BCUT2D eigenvalue weighted by atomic mass is 10.2. The van der Waals surface area contributed by atoms with Crippen LogP contribution in [0.1, 0.15) is 12.5 Å². The molecule has 0 aromatic heterocycles. The van der Waals surface area contributed by atoms with Gasteiger partial charge in [0.1, 0.15) is 13.2 Å². The fraction of sp³-hybridized carbons (Fsp3) is 0.500. The van der Waals surface area contributed by atoms with Crippen LogP contribution >= 0.6 is 0 Å². The van der Waals surface area contributed by atoms with E-state index in [9.17, 15) is 13.6 Å². The highest BCUT2D eigenvalue weighted by atomic mass is 19.3. The van der Waals surface area contributed by atoms with Crippen LogP contribution in [-0.2, 0) is 16.1 Å². The summed E-state index contributed by atoms with van der Waals surface area (Å²) in [5.41, 5.74) is 0.868. The largest absolute Gasteiger partial charge is 0.461 e. The summed E-state index contributed by atoms with van der Waals surface area (Å²) in [5.74, 6) is -4.16. The molecule has 1 unspecified atom stereocenters. The monoisotopic (exact) mass is 287 g/mol. The van der Waals surface area contributed by atoms with Crippen LogP contribution in [0.15, 0.2) is 30.3 Å². The van der Waals surface area contributed by atoms with Crippen molar-refractivity contribution in [1.29, 1.82) is 0 Å². The Balaban J connectivity index is 2.26. The van der Waals surface area contributed by atoms with Gasteiger partial charge in [0.15, 0.2) is 0 Å². The first-order valence-corrected chi connectivity index (χ1v) is 6.34. The number of hydrogen-bond donors (Lipinski definition) is 2. The van der Waals surface area contributed by atoms with Crippen molar-refractivity contribution in [1.82, 2.24) is 5.32 Å². The van der Waals surface area contributed by atoms with Crippen LogP contribution in [0, 0.1) is 5.92 Å². The number of ether oxygens (including phenoxy) is 1. The maximum absolute atomic E-state index is 12.7. The lowest BCUT2D eigenvalue weighted by Gasteiger charge is -2.16. The number of aliphatic hydroxyl groups is 1. The Labute approximate surface area is 116 Å². The molecule has 0 saturated heterocycles. The Kier molecular flexibility index (Phi) is 6.54. The molecule has 0 radical (unpaired) electrons. The van der Waals surface area contributed by atoms with E-state index in [1.54, 1.807) is 6.92 Å². The second-order valence-electron chi connectivity index (χ2n) is 4.64. The van der Waals surface area contributed by atoms with E-state index in [4.69, 9.17) is 9.84 Å². The molecule has 0 bridgehead atoms. The highest BCUT2D eigenvalue weighted by Gasteiger charge is 2.27. The first kappa shape index (κ1) is 16.5. The topological polar surface area (TPSA) is 58.6 Å². The quantitative estimate of drug-likeness (QED) is 0.713. The van der Waals surface area contributed by atoms with E-state index in [0.717, 1.165) is 5.56 Å². The number of hydrogen-bond acceptors (Lipinski definition) is 4. The van der Waals surface area contributed by atoms with Crippen molar-refractivity contribution in [2.75, 3.05) is 19.7 Å². The Morgan fingerprint density at radius 3 is 2.65 bits per heavy atom. The van der Waals surface area contributed by atoms with E-state index in [2.05, 4.69) is 5.32 Å². The normalized spacial score (nSPS) is 13.0. The van der Waals surface area contributed by atoms with Crippen LogP contribution in [-0.4, -0.2) is 36.7 Å². The molecule has 0 aliphatic rings. The van der Waals surface area contributed by atoms with Gasteiger partial charge in [-0.1, -0.05) is 37.3 Å². The summed E-state index contributed by atoms with van der Waals surface area (Å²) < 4.78 is 30.6. The van der Waals surface area contributed by atoms with Gasteiger partial charge in [-0.05, 0) is 5.56 Å². The van der Waals surface area contributed by atoms with Crippen molar-refractivity contribution in [3.63, 3.8) is 0 Å². The first-order valence-electron chi connectivity index (χ1n) is 6.34. The molecule has 0 spiro atoms. The maximum Gasteiger partial charge on any atom is 0.310 e. The first-order chi connectivity index (χ1) is 9.44. The van der Waals surface area contributed by atoms with E-state index < -0.39 is 31.0 Å². The third-order valence-corrected chi connectivity index (χ3v) is 2.69. The van der Waals surface area contributed by atoms with Crippen LogP contribution < -0.4 is 5.32 Å². The number of esters is 1. The average Bonchev–Trinajstić information content (AvgIpc) is 2.45. The van der Waals surface area contributed by atoms with Crippen molar-refractivity contribution in [2.24, 2.45) is 5.92 Å². The summed E-state index contributed by atoms with van der Waals surface area (Å²) in [6, 6.07) is 9.20. The molecular weight excluding hydrogens is 268 g/mol. The second kappa shape index (κ2) is 7.91. The highest BCUT2D eigenvalue weighted by Crippen LogP contribution is 2.10. The van der Waals surface area contributed by atoms with Crippen molar-refractivity contribution in [3.8, 4) is 0 Å². The van der Waals surface area contributed by atoms with E-state index in [0.29, 0.717) is 0 Å². The molecule has 0 aliphatic heterocycles. The number of benzene rings is 1. The molecule has 112 valence electrons. The Morgan fingerprint density at radius 2 is 2.05 bits per heavy atom. The Morgan fingerprint density at radius 1 is 1.40 bits per heavy atom. The summed E-state index contributed by atoms with van der Waals surface area (Å²) in [4.78, 5) is 11.6. The Bertz CT molecular complexity index is 412. The molecule has 0 aliphatic carbocycles. The smallest absolute Gasteiger partial charge is 0.310 e. The maximum atomic E-state index is 12.7. The molecule has 20 heavy (non-hydrogen) atoms. The summed E-state index contributed by atoms with van der Waals surface area (Å²) in [6.07, 6.45) is 0. The minimum Gasteiger partial charge on any atom is -0.461 e. The van der Waals surface area contributed by atoms with Crippen LogP contribution in [0.4, 0.5) is 8.78 Å². The van der Waals surface area contributed by atoms with Gasteiger partial charge >= 0.3 is 5.97 Å². The zero-order chi connectivity index (χ0) is 15.0. The lowest BCUT2D eigenvalue weighted by Crippen LogP contribution is -2.39. The summed E-state index contributed by atoms with van der Waals surface area (Å²) in [5, 5.41) is 10.8. The van der Waals surface area contributed by atoms with Gasteiger partial charge in [0, 0.05) is 6.54 Å². The minimum atomic E-state index is -3.17. The van der Waals surface area contributed by atoms with E-state index in [-0.39, 0.29) is 13.2 Å². The molecule has 6 heteroatoms. The van der Waals surface area contributed by atoms with Gasteiger partial charge in [0.25, 0.3) is 5.92 Å². The SMILES string of the molecule is CC(CNCC(F)(F)CO)C(=O)OCc1ccccc1. The molecule has 0 heterocycles. The third kappa shape index (κ3) is 6.08. The molecule has 0 saturated carbocycles. The van der Waals surface area contributed by atoms with Crippen LogP contribution in [0.2, 0.25) is 0 Å². The van der Waals surface area contributed by atoms with Gasteiger partial charge < -0.3 is 15.2 Å². The van der Waals surface area contributed by atoms with Crippen LogP contribution in [0.5, 0.6) is 0 Å². The predicted octanol–water partition coefficient (Wildman–Crippen LogP) is 1.58. The highest BCUT2D eigenvalue weighted by molar-refractivity contribution is 5.72. The number of rotatable bonds is 8. The molecule has 2 N–H and O–H groups in total. The van der Waals surface area contributed by atoms with Gasteiger partial charge in [0.2, 0.25) is 0 Å². The van der Waals surface area contributed by atoms with Gasteiger partial charge in [-0.2, -0.15) is 0 Å². The molecule has 1 atom stereocenters. The van der Waals surface area contributed by atoms with E-state index >= 15 is 0 Å². The van der Waals surface area contributed by atoms with Crippen molar-refractivity contribution in [3.05, 3.63) is 35.9 Å². The minimum absolute atomic E-state index is 0.0726. The Hall–Kier alpha value is -1.53. The summed E-state index contributed by atoms with van der Waals surface area (Å²) in [6.45, 7) is -0.0515. The van der Waals surface area contributed by atoms with Gasteiger partial charge in [-0.3, -0.25) is 4.79 Å². The lowest BCUT2D eigenvalue weighted by molar-refractivity contribution is -0.149. The summed E-state index contributed by atoms with van der Waals surface area (Å²) >= 11 is 0. The van der Waals surface area contributed by atoms with E-state index in [1.807, 2.05) is 30.3 Å².